The van der Waals surface area contributed by atoms with Crippen LogP contribution in [0.2, 0.25) is 5.02 Å². The number of hydrogen-bond acceptors (Lipinski definition) is 5. The largest absolute Gasteiger partial charge is 0.350 e. The first-order chi connectivity index (χ1) is 11.9. The second kappa shape index (κ2) is 7.07. The number of benzene rings is 1. The summed E-state index contributed by atoms with van der Waals surface area (Å²) in [6.45, 7) is 6.19. The Balaban J connectivity index is 2.00. The van der Waals surface area contributed by atoms with E-state index in [4.69, 9.17) is 11.6 Å². The van der Waals surface area contributed by atoms with Crippen LogP contribution in [0.25, 0.3) is 11.4 Å². The molecule has 2 aromatic heterocycles. The van der Waals surface area contributed by atoms with E-state index in [1.165, 1.54) is 0 Å². The summed E-state index contributed by atoms with van der Waals surface area (Å²) < 4.78 is 0. The van der Waals surface area contributed by atoms with E-state index in [0.717, 1.165) is 17.1 Å². The number of pyridine rings is 1. The van der Waals surface area contributed by atoms with E-state index in [9.17, 15) is 0 Å². The van der Waals surface area contributed by atoms with Gasteiger partial charge in [0.1, 0.15) is 5.82 Å². The van der Waals surface area contributed by atoms with Crippen molar-refractivity contribution in [3.8, 4) is 11.4 Å². The molecule has 3 aromatic rings. The maximum Gasteiger partial charge on any atom is 0.225 e. The first kappa shape index (κ1) is 17.2. The molecule has 128 valence electrons. The van der Waals surface area contributed by atoms with Gasteiger partial charge in [0.15, 0.2) is 0 Å². The summed E-state index contributed by atoms with van der Waals surface area (Å²) in [6, 6.07) is 15.1. The molecule has 0 aliphatic heterocycles. The predicted molar refractivity (Wildman–Crippen MR) is 103 cm³/mol. The minimum Gasteiger partial charge on any atom is -0.350 e. The zero-order chi connectivity index (χ0) is 17.9. The minimum absolute atomic E-state index is 0.157. The number of anilines is 3. The van der Waals surface area contributed by atoms with Crippen LogP contribution in [-0.4, -0.2) is 20.5 Å². The van der Waals surface area contributed by atoms with Crippen molar-refractivity contribution < 1.29 is 0 Å². The third-order valence-electron chi connectivity index (χ3n) is 3.24. The summed E-state index contributed by atoms with van der Waals surface area (Å²) in [6.07, 6.45) is 1.75. The molecule has 0 fully saturated rings. The van der Waals surface area contributed by atoms with E-state index in [0.29, 0.717) is 16.8 Å². The monoisotopic (exact) mass is 353 g/mol. The molecule has 2 heterocycles. The number of hydrogen-bond donors (Lipinski definition) is 2. The van der Waals surface area contributed by atoms with Crippen LogP contribution in [0, 0.1) is 0 Å². The van der Waals surface area contributed by atoms with Crippen molar-refractivity contribution in [2.24, 2.45) is 0 Å². The summed E-state index contributed by atoms with van der Waals surface area (Å²) in [4.78, 5) is 13.5. The highest BCUT2D eigenvalue weighted by atomic mass is 35.5. The first-order valence-corrected chi connectivity index (χ1v) is 8.38. The second-order valence-corrected chi connectivity index (χ2v) is 7.12. The van der Waals surface area contributed by atoms with Gasteiger partial charge in [-0.15, -0.1) is 0 Å². The average molecular weight is 354 g/mol. The molecular formula is C19H20ClN5. The summed E-state index contributed by atoms with van der Waals surface area (Å²) in [5.74, 6) is 1.21. The zero-order valence-electron chi connectivity index (χ0n) is 14.4. The highest BCUT2D eigenvalue weighted by Gasteiger charge is 2.14. The van der Waals surface area contributed by atoms with E-state index in [1.54, 1.807) is 6.20 Å². The predicted octanol–water partition coefficient (Wildman–Crippen LogP) is 5.15. The van der Waals surface area contributed by atoms with Gasteiger partial charge in [-0.25, -0.2) is 4.98 Å². The van der Waals surface area contributed by atoms with Crippen molar-refractivity contribution in [3.05, 3.63) is 59.8 Å². The average Bonchev–Trinajstić information content (AvgIpc) is 2.54. The fourth-order valence-corrected chi connectivity index (χ4v) is 2.45. The van der Waals surface area contributed by atoms with Gasteiger partial charge in [-0.1, -0.05) is 23.7 Å². The highest BCUT2D eigenvalue weighted by molar-refractivity contribution is 6.30. The van der Waals surface area contributed by atoms with Crippen LogP contribution < -0.4 is 10.6 Å². The van der Waals surface area contributed by atoms with Crippen molar-refractivity contribution in [2.45, 2.75) is 26.3 Å². The molecule has 0 spiro atoms. The van der Waals surface area contributed by atoms with Gasteiger partial charge in [-0.3, -0.25) is 4.98 Å². The van der Waals surface area contributed by atoms with E-state index in [2.05, 4.69) is 46.4 Å². The lowest BCUT2D eigenvalue weighted by Gasteiger charge is -2.21. The number of rotatable bonds is 4. The Morgan fingerprint density at radius 1 is 0.920 bits per heavy atom. The Morgan fingerprint density at radius 2 is 1.76 bits per heavy atom. The molecule has 0 aliphatic rings. The molecule has 0 atom stereocenters. The fraction of sp³-hybridized carbons (Fsp3) is 0.211. The zero-order valence-corrected chi connectivity index (χ0v) is 15.2. The highest BCUT2D eigenvalue weighted by Crippen LogP contribution is 2.24. The Hall–Kier alpha value is -2.66. The molecule has 2 N–H and O–H groups in total. The first-order valence-electron chi connectivity index (χ1n) is 8.00. The lowest BCUT2D eigenvalue weighted by atomic mass is 10.1. The quantitative estimate of drug-likeness (QED) is 0.679. The maximum absolute atomic E-state index is 6.06. The molecule has 0 aliphatic carbocycles. The molecule has 0 radical (unpaired) electrons. The molecule has 3 rings (SSSR count). The summed E-state index contributed by atoms with van der Waals surface area (Å²) in [7, 11) is 0. The van der Waals surface area contributed by atoms with Crippen LogP contribution in [0.3, 0.4) is 0 Å². The van der Waals surface area contributed by atoms with Crippen molar-refractivity contribution in [1.82, 2.24) is 15.0 Å². The molecule has 0 saturated heterocycles. The van der Waals surface area contributed by atoms with Gasteiger partial charge in [-0.05, 0) is 51.1 Å². The molecule has 0 amide bonds. The van der Waals surface area contributed by atoms with E-state index in [-0.39, 0.29) is 5.54 Å². The van der Waals surface area contributed by atoms with Crippen LogP contribution in [0.15, 0.2) is 54.7 Å². The summed E-state index contributed by atoms with van der Waals surface area (Å²) in [5.41, 5.74) is 2.23. The second-order valence-electron chi connectivity index (χ2n) is 6.69. The Bertz CT molecular complexity index is 859. The molecule has 0 bridgehead atoms. The maximum atomic E-state index is 6.06. The van der Waals surface area contributed by atoms with E-state index >= 15 is 0 Å². The number of halogens is 1. The Morgan fingerprint density at radius 3 is 2.44 bits per heavy atom. The van der Waals surface area contributed by atoms with Gasteiger partial charge in [0, 0.05) is 28.5 Å². The molecule has 6 heteroatoms. The number of nitrogens with zero attached hydrogens (tertiary/aromatic N) is 3. The molecule has 25 heavy (non-hydrogen) atoms. The topological polar surface area (TPSA) is 62.7 Å². The smallest absolute Gasteiger partial charge is 0.225 e. The fourth-order valence-electron chi connectivity index (χ4n) is 2.26. The van der Waals surface area contributed by atoms with Crippen LogP contribution >= 0.6 is 11.6 Å². The third kappa shape index (κ3) is 4.90. The molecule has 0 unspecified atom stereocenters. The van der Waals surface area contributed by atoms with Crippen LogP contribution in [0.1, 0.15) is 20.8 Å². The van der Waals surface area contributed by atoms with E-state index < -0.39 is 0 Å². The van der Waals surface area contributed by atoms with Crippen molar-refractivity contribution in [1.29, 1.82) is 0 Å². The van der Waals surface area contributed by atoms with Crippen molar-refractivity contribution >= 4 is 29.1 Å². The lowest BCUT2D eigenvalue weighted by Crippen LogP contribution is -2.27. The number of nitrogens with one attached hydrogen (secondary N) is 2. The molecule has 1 aromatic carbocycles. The summed E-state index contributed by atoms with van der Waals surface area (Å²) in [5, 5.41) is 7.25. The Kier molecular flexibility index (Phi) is 4.86. The van der Waals surface area contributed by atoms with Crippen LogP contribution in [0.4, 0.5) is 17.5 Å². The van der Waals surface area contributed by atoms with E-state index in [1.807, 2.05) is 48.5 Å². The third-order valence-corrected chi connectivity index (χ3v) is 3.47. The minimum atomic E-state index is -0.157. The van der Waals surface area contributed by atoms with Gasteiger partial charge >= 0.3 is 0 Å². The molecule has 5 nitrogen and oxygen atoms in total. The van der Waals surface area contributed by atoms with Gasteiger partial charge in [0.05, 0.1) is 11.4 Å². The standard InChI is InChI=1S/C19H20ClN5/c1-19(2,3)25-18-23-16(15-9-4-5-10-21-15)12-17(24-18)22-14-8-6-7-13(20)11-14/h4-12H,1-3H3,(H2,22,23,24,25). The van der Waals surface area contributed by atoms with Gasteiger partial charge in [-0.2, -0.15) is 4.98 Å². The van der Waals surface area contributed by atoms with Crippen LogP contribution in [0.5, 0.6) is 0 Å². The van der Waals surface area contributed by atoms with Crippen molar-refractivity contribution in [3.63, 3.8) is 0 Å². The van der Waals surface area contributed by atoms with Gasteiger partial charge in [0.25, 0.3) is 0 Å². The molecule has 0 saturated carbocycles. The Labute approximate surface area is 152 Å². The van der Waals surface area contributed by atoms with Crippen molar-refractivity contribution in [2.75, 3.05) is 10.6 Å². The van der Waals surface area contributed by atoms with Gasteiger partial charge < -0.3 is 10.6 Å². The normalized spacial score (nSPS) is 11.2. The SMILES string of the molecule is CC(C)(C)Nc1nc(Nc2cccc(Cl)c2)cc(-c2ccccn2)n1. The number of aromatic nitrogens is 3. The summed E-state index contributed by atoms with van der Waals surface area (Å²) >= 11 is 6.06. The lowest BCUT2D eigenvalue weighted by molar-refractivity contribution is 0.626. The molecular weight excluding hydrogens is 334 g/mol. The van der Waals surface area contributed by atoms with Crippen LogP contribution in [-0.2, 0) is 0 Å². The van der Waals surface area contributed by atoms with Gasteiger partial charge in [0.2, 0.25) is 5.95 Å².